The first kappa shape index (κ1) is 13.5. The van der Waals surface area contributed by atoms with E-state index in [-0.39, 0.29) is 0 Å². The summed E-state index contributed by atoms with van der Waals surface area (Å²) >= 11 is 0. The highest BCUT2D eigenvalue weighted by molar-refractivity contribution is 5.21. The van der Waals surface area contributed by atoms with Crippen LogP contribution in [0.25, 0.3) is 0 Å². The monoisotopic (exact) mass is 248 g/mol. The number of benzene rings is 1. The molecule has 1 aliphatic rings. The van der Waals surface area contributed by atoms with Gasteiger partial charge in [-0.25, -0.2) is 0 Å². The molecule has 1 heterocycles. The van der Waals surface area contributed by atoms with Crippen LogP contribution in [0, 0.1) is 12.8 Å². The number of hydrogen-bond acceptors (Lipinski definition) is 3. The summed E-state index contributed by atoms with van der Waals surface area (Å²) in [5, 5.41) is 0. The molecule has 3 N–H and O–H groups in total. The SMILES string of the molecule is Cc1ccc(CCC(NN)C2CCOCC2)cc1. The number of ether oxygens (including phenoxy) is 1. The number of rotatable bonds is 5. The third-order valence-electron chi connectivity index (χ3n) is 3.91. The van der Waals surface area contributed by atoms with Gasteiger partial charge in [-0.15, -0.1) is 0 Å². The second kappa shape index (κ2) is 6.88. The van der Waals surface area contributed by atoms with Crippen molar-refractivity contribution in [1.82, 2.24) is 5.43 Å². The Balaban J connectivity index is 1.84. The van der Waals surface area contributed by atoms with E-state index in [2.05, 4.69) is 36.6 Å². The van der Waals surface area contributed by atoms with Crippen LogP contribution < -0.4 is 11.3 Å². The van der Waals surface area contributed by atoms with E-state index in [0.29, 0.717) is 12.0 Å². The molecule has 1 aromatic carbocycles. The second-order valence-corrected chi connectivity index (χ2v) is 5.25. The van der Waals surface area contributed by atoms with Gasteiger partial charge in [0.25, 0.3) is 0 Å². The summed E-state index contributed by atoms with van der Waals surface area (Å²) in [6.07, 6.45) is 4.45. The van der Waals surface area contributed by atoms with E-state index in [1.54, 1.807) is 0 Å². The molecule has 100 valence electrons. The molecule has 0 aromatic heterocycles. The van der Waals surface area contributed by atoms with Gasteiger partial charge in [0.1, 0.15) is 0 Å². The Bertz CT molecular complexity index is 344. The van der Waals surface area contributed by atoms with Crippen molar-refractivity contribution in [3.63, 3.8) is 0 Å². The van der Waals surface area contributed by atoms with E-state index in [1.165, 1.54) is 11.1 Å². The lowest BCUT2D eigenvalue weighted by Crippen LogP contribution is -2.43. The number of hydrazine groups is 1. The maximum Gasteiger partial charge on any atom is 0.0469 e. The maximum absolute atomic E-state index is 5.70. The lowest BCUT2D eigenvalue weighted by atomic mass is 9.88. The molecule has 0 bridgehead atoms. The Morgan fingerprint density at radius 2 is 1.94 bits per heavy atom. The van der Waals surface area contributed by atoms with Crippen molar-refractivity contribution in [3.05, 3.63) is 35.4 Å². The number of hydrogen-bond donors (Lipinski definition) is 2. The van der Waals surface area contributed by atoms with Crippen molar-refractivity contribution in [2.75, 3.05) is 13.2 Å². The van der Waals surface area contributed by atoms with Crippen LogP contribution in [0.2, 0.25) is 0 Å². The van der Waals surface area contributed by atoms with Crippen molar-refractivity contribution >= 4 is 0 Å². The van der Waals surface area contributed by atoms with Crippen LogP contribution in [-0.2, 0) is 11.2 Å². The Hall–Kier alpha value is -0.900. The molecular weight excluding hydrogens is 224 g/mol. The molecule has 0 spiro atoms. The molecule has 0 aliphatic carbocycles. The van der Waals surface area contributed by atoms with Crippen molar-refractivity contribution < 1.29 is 4.74 Å². The summed E-state index contributed by atoms with van der Waals surface area (Å²) in [6.45, 7) is 3.89. The van der Waals surface area contributed by atoms with E-state index in [4.69, 9.17) is 10.6 Å². The van der Waals surface area contributed by atoms with Crippen molar-refractivity contribution in [2.45, 2.75) is 38.6 Å². The van der Waals surface area contributed by atoms with Crippen LogP contribution in [0.4, 0.5) is 0 Å². The van der Waals surface area contributed by atoms with Gasteiger partial charge in [-0.2, -0.15) is 0 Å². The molecule has 1 aliphatic heterocycles. The standard InChI is InChI=1S/C15H24N2O/c1-12-2-4-13(5-3-12)6-7-15(17-16)14-8-10-18-11-9-14/h2-5,14-15,17H,6-11,16H2,1H3. The summed E-state index contributed by atoms with van der Waals surface area (Å²) in [6, 6.07) is 9.19. The van der Waals surface area contributed by atoms with Gasteiger partial charge in [-0.3, -0.25) is 11.3 Å². The predicted octanol–water partition coefficient (Wildman–Crippen LogP) is 2.19. The second-order valence-electron chi connectivity index (χ2n) is 5.25. The zero-order chi connectivity index (χ0) is 12.8. The average molecular weight is 248 g/mol. The summed E-state index contributed by atoms with van der Waals surface area (Å²) in [4.78, 5) is 0. The summed E-state index contributed by atoms with van der Waals surface area (Å²) < 4.78 is 5.40. The fourth-order valence-corrected chi connectivity index (χ4v) is 2.65. The Kier molecular flexibility index (Phi) is 5.17. The summed E-state index contributed by atoms with van der Waals surface area (Å²) in [7, 11) is 0. The van der Waals surface area contributed by atoms with Crippen LogP contribution in [0.15, 0.2) is 24.3 Å². The number of nitrogens with two attached hydrogens (primary N) is 1. The highest BCUT2D eigenvalue weighted by Crippen LogP contribution is 2.21. The number of aryl methyl sites for hydroxylation is 2. The van der Waals surface area contributed by atoms with E-state index in [1.807, 2.05) is 0 Å². The zero-order valence-electron chi connectivity index (χ0n) is 11.2. The highest BCUT2D eigenvalue weighted by atomic mass is 16.5. The zero-order valence-corrected chi connectivity index (χ0v) is 11.2. The predicted molar refractivity (Wildman–Crippen MR) is 74.2 cm³/mol. The molecule has 1 atom stereocenters. The molecule has 1 unspecified atom stereocenters. The quantitative estimate of drug-likeness (QED) is 0.620. The van der Waals surface area contributed by atoms with Gasteiger partial charge >= 0.3 is 0 Å². The van der Waals surface area contributed by atoms with Crippen LogP contribution in [0.1, 0.15) is 30.4 Å². The summed E-state index contributed by atoms with van der Waals surface area (Å²) in [5.74, 6) is 6.36. The molecule has 0 radical (unpaired) electrons. The third-order valence-corrected chi connectivity index (χ3v) is 3.91. The van der Waals surface area contributed by atoms with Gasteiger partial charge in [0.05, 0.1) is 0 Å². The molecular formula is C15H24N2O. The average Bonchev–Trinajstić information content (AvgIpc) is 2.43. The van der Waals surface area contributed by atoms with E-state index >= 15 is 0 Å². The number of nitrogens with one attached hydrogen (secondary N) is 1. The van der Waals surface area contributed by atoms with Gasteiger partial charge in [0, 0.05) is 19.3 Å². The van der Waals surface area contributed by atoms with Gasteiger partial charge < -0.3 is 4.74 Å². The Morgan fingerprint density at radius 1 is 1.28 bits per heavy atom. The van der Waals surface area contributed by atoms with Crippen LogP contribution in [-0.4, -0.2) is 19.3 Å². The minimum Gasteiger partial charge on any atom is -0.381 e. The summed E-state index contributed by atoms with van der Waals surface area (Å²) in [5.41, 5.74) is 5.71. The molecule has 2 rings (SSSR count). The first-order chi connectivity index (χ1) is 8.79. The van der Waals surface area contributed by atoms with Gasteiger partial charge in [0.15, 0.2) is 0 Å². The van der Waals surface area contributed by atoms with Crippen molar-refractivity contribution in [3.8, 4) is 0 Å². The molecule has 18 heavy (non-hydrogen) atoms. The van der Waals surface area contributed by atoms with E-state index < -0.39 is 0 Å². The fraction of sp³-hybridized carbons (Fsp3) is 0.600. The minimum absolute atomic E-state index is 0.412. The molecule has 1 saturated heterocycles. The van der Waals surface area contributed by atoms with Crippen molar-refractivity contribution in [2.24, 2.45) is 11.8 Å². The normalized spacial score (nSPS) is 18.8. The third kappa shape index (κ3) is 3.80. The first-order valence-corrected chi connectivity index (χ1v) is 6.89. The Labute approximate surface area is 110 Å². The van der Waals surface area contributed by atoms with Crippen molar-refractivity contribution in [1.29, 1.82) is 0 Å². The van der Waals surface area contributed by atoms with E-state index in [9.17, 15) is 0 Å². The molecule has 1 fully saturated rings. The van der Waals surface area contributed by atoms with Gasteiger partial charge in [-0.05, 0) is 44.1 Å². The maximum atomic E-state index is 5.70. The smallest absolute Gasteiger partial charge is 0.0469 e. The largest absolute Gasteiger partial charge is 0.381 e. The Morgan fingerprint density at radius 3 is 2.56 bits per heavy atom. The highest BCUT2D eigenvalue weighted by Gasteiger charge is 2.22. The molecule has 3 heteroatoms. The lowest BCUT2D eigenvalue weighted by molar-refractivity contribution is 0.0526. The topological polar surface area (TPSA) is 47.3 Å². The first-order valence-electron chi connectivity index (χ1n) is 6.89. The molecule has 0 saturated carbocycles. The minimum atomic E-state index is 0.412. The van der Waals surface area contributed by atoms with Gasteiger partial charge in [-0.1, -0.05) is 29.8 Å². The van der Waals surface area contributed by atoms with E-state index in [0.717, 1.165) is 38.9 Å². The van der Waals surface area contributed by atoms with Crippen LogP contribution in [0.5, 0.6) is 0 Å². The molecule has 1 aromatic rings. The molecule has 0 amide bonds. The fourth-order valence-electron chi connectivity index (χ4n) is 2.65. The van der Waals surface area contributed by atoms with Gasteiger partial charge in [0.2, 0.25) is 0 Å². The molecule has 3 nitrogen and oxygen atoms in total. The van der Waals surface area contributed by atoms with Crippen LogP contribution >= 0.6 is 0 Å². The van der Waals surface area contributed by atoms with Crippen LogP contribution in [0.3, 0.4) is 0 Å². The lowest BCUT2D eigenvalue weighted by Gasteiger charge is -2.29.